The molecule has 4 heteroatoms. The van der Waals surface area contributed by atoms with E-state index in [9.17, 15) is 0 Å². The molecule has 0 fully saturated rings. The van der Waals surface area contributed by atoms with Crippen molar-refractivity contribution in [1.29, 1.82) is 5.26 Å². The molecule has 0 aliphatic carbocycles. The van der Waals surface area contributed by atoms with Gasteiger partial charge in [0.25, 0.3) is 0 Å². The highest BCUT2D eigenvalue weighted by Gasteiger charge is 2.00. The van der Waals surface area contributed by atoms with Crippen molar-refractivity contribution in [3.8, 4) is 6.07 Å². The lowest BCUT2D eigenvalue weighted by atomic mass is 10.3. The minimum absolute atomic E-state index is 0.393. The van der Waals surface area contributed by atoms with Crippen molar-refractivity contribution in [2.24, 2.45) is 0 Å². The van der Waals surface area contributed by atoms with E-state index in [2.05, 4.69) is 33.2 Å². The van der Waals surface area contributed by atoms with Gasteiger partial charge in [0.1, 0.15) is 6.07 Å². The first kappa shape index (κ1) is 9.01. The molecule has 0 amide bonds. The fourth-order valence-electron chi connectivity index (χ4n) is 0.761. The second-order valence-corrected chi connectivity index (χ2v) is 2.95. The summed E-state index contributed by atoms with van der Waals surface area (Å²) in [6.45, 7) is 4.23. The minimum Gasteiger partial charge on any atom is -0.384 e. The zero-order chi connectivity index (χ0) is 8.97. The average molecular weight is 225 g/mol. The Hall–Kier alpha value is -1.08. The average Bonchev–Trinajstić information content (AvgIpc) is 2.05. The molecule has 1 aromatic rings. The molecular weight excluding hydrogens is 218 g/mol. The number of rotatable bonds is 2. The molecule has 0 atom stereocenters. The summed E-state index contributed by atoms with van der Waals surface area (Å²) >= 11 is 3.23. The quantitative estimate of drug-likeness (QED) is 0.836. The van der Waals surface area contributed by atoms with Crippen molar-refractivity contribution < 1.29 is 0 Å². The normalized spacial score (nSPS) is 9.08. The van der Waals surface area contributed by atoms with Crippen LogP contribution in [-0.4, -0.2) is 11.5 Å². The molecule has 1 aromatic heterocycles. The molecule has 0 aliphatic heterocycles. The third-order valence-corrected chi connectivity index (χ3v) is 1.88. The van der Waals surface area contributed by atoms with Gasteiger partial charge < -0.3 is 5.32 Å². The van der Waals surface area contributed by atoms with Crippen LogP contribution in [0.5, 0.6) is 0 Å². The monoisotopic (exact) mass is 224 g/mol. The summed E-state index contributed by atoms with van der Waals surface area (Å²) in [5.74, 6) is 0. The minimum atomic E-state index is 0.393. The Morgan fingerprint density at radius 1 is 1.75 bits per heavy atom. The second-order valence-electron chi connectivity index (χ2n) is 2.09. The van der Waals surface area contributed by atoms with Crippen LogP contribution in [0.1, 0.15) is 5.69 Å². The Morgan fingerprint density at radius 3 is 3.00 bits per heavy atom. The van der Waals surface area contributed by atoms with E-state index < -0.39 is 0 Å². The number of hydrogen-bond donors (Lipinski definition) is 1. The highest BCUT2D eigenvalue weighted by Crippen LogP contribution is 2.17. The van der Waals surface area contributed by atoms with Crippen molar-refractivity contribution in [2.45, 2.75) is 0 Å². The Bertz CT molecular complexity index is 317. The lowest BCUT2D eigenvalue weighted by Gasteiger charge is -2.02. The molecule has 0 spiro atoms. The van der Waals surface area contributed by atoms with Gasteiger partial charge in [-0.1, -0.05) is 0 Å². The second kappa shape index (κ2) is 4.07. The zero-order valence-corrected chi connectivity index (χ0v) is 7.93. The fourth-order valence-corrected chi connectivity index (χ4v) is 1.20. The van der Waals surface area contributed by atoms with Crippen molar-refractivity contribution in [2.75, 3.05) is 11.9 Å². The molecule has 0 unspecified atom stereocenters. The van der Waals surface area contributed by atoms with Crippen LogP contribution in [0.25, 0.3) is 0 Å². The van der Waals surface area contributed by atoms with Crippen LogP contribution in [0.4, 0.5) is 5.69 Å². The zero-order valence-electron chi connectivity index (χ0n) is 6.34. The molecule has 0 saturated carbocycles. The third-order valence-electron chi connectivity index (χ3n) is 1.28. The molecule has 0 aromatic carbocycles. The van der Waals surface area contributed by atoms with Gasteiger partial charge in [-0.25, -0.2) is 4.98 Å². The Labute approximate surface area is 79.6 Å². The van der Waals surface area contributed by atoms with Crippen molar-refractivity contribution in [3.63, 3.8) is 0 Å². The number of nitrogens with one attached hydrogen (secondary N) is 1. The predicted octanol–water partition coefficient (Wildman–Crippen LogP) is 1.96. The van der Waals surface area contributed by atoms with Crippen LogP contribution in [0.3, 0.4) is 0 Å². The Kier molecular flexibility index (Phi) is 3.06. The molecule has 12 heavy (non-hydrogen) atoms. The lowest BCUT2D eigenvalue weighted by Crippen LogP contribution is -1.98. The molecule has 1 N–H and O–H groups in total. The number of anilines is 1. The molecule has 0 aliphatic rings. The fraction of sp³-hybridized carbons (Fsp3) is 0.125. The molecule has 61 valence electrons. The van der Waals surface area contributed by atoms with E-state index in [0.717, 1.165) is 5.69 Å². The number of nitrogens with zero attached hydrogens (tertiary/aromatic N) is 2. The van der Waals surface area contributed by atoms with Gasteiger partial charge in [0.05, 0.1) is 16.4 Å². The highest BCUT2D eigenvalue weighted by atomic mass is 79.9. The highest BCUT2D eigenvalue weighted by molar-refractivity contribution is 9.10. The summed E-state index contributed by atoms with van der Waals surface area (Å²) in [4.78, 5) is 3.92. The first-order valence-corrected chi connectivity index (χ1v) is 4.16. The van der Waals surface area contributed by atoms with E-state index in [-0.39, 0.29) is 0 Å². The van der Waals surface area contributed by atoms with Crippen molar-refractivity contribution in [1.82, 2.24) is 4.98 Å². The van der Waals surface area contributed by atoms with E-state index in [0.29, 0.717) is 16.7 Å². The van der Waals surface area contributed by atoms with Gasteiger partial charge in [-0.15, -0.1) is 0 Å². The number of hydrogen-bond acceptors (Lipinski definition) is 3. The van der Waals surface area contributed by atoms with Crippen LogP contribution in [0.2, 0.25) is 0 Å². The maximum absolute atomic E-state index is 8.56. The van der Waals surface area contributed by atoms with Crippen LogP contribution in [-0.2, 0) is 0 Å². The first-order chi connectivity index (χ1) is 5.77. The summed E-state index contributed by atoms with van der Waals surface area (Å²) in [6, 6.07) is 3.77. The molecule has 0 bridgehead atoms. The first-order valence-electron chi connectivity index (χ1n) is 3.36. The van der Waals surface area contributed by atoms with Gasteiger partial charge >= 0.3 is 0 Å². The predicted molar refractivity (Wildman–Crippen MR) is 50.5 cm³/mol. The van der Waals surface area contributed by atoms with E-state index in [1.54, 1.807) is 12.3 Å². The van der Waals surface area contributed by atoms with E-state index in [1.807, 2.05) is 6.07 Å². The van der Waals surface area contributed by atoms with E-state index >= 15 is 0 Å². The molecule has 1 radical (unpaired) electrons. The standard InChI is InChI=1S/C8H7BrN3/c1-2-11-6-3-7(9)8(4-10)12-5-6/h3,5,11H,1-2H2. The van der Waals surface area contributed by atoms with Crippen LogP contribution >= 0.6 is 15.9 Å². The van der Waals surface area contributed by atoms with Crippen molar-refractivity contribution >= 4 is 21.6 Å². The molecule has 0 saturated heterocycles. The molecule has 1 heterocycles. The van der Waals surface area contributed by atoms with E-state index in [4.69, 9.17) is 5.26 Å². The lowest BCUT2D eigenvalue weighted by molar-refractivity contribution is 1.22. The summed E-state index contributed by atoms with van der Waals surface area (Å²) in [7, 11) is 0. The van der Waals surface area contributed by atoms with Gasteiger partial charge in [0.2, 0.25) is 0 Å². The maximum Gasteiger partial charge on any atom is 0.154 e. The largest absolute Gasteiger partial charge is 0.384 e. The number of aromatic nitrogens is 1. The number of pyridine rings is 1. The SMILES string of the molecule is [CH2]CNc1cnc(C#N)c(Br)c1. The van der Waals surface area contributed by atoms with Crippen LogP contribution in [0, 0.1) is 18.3 Å². The number of halogens is 1. The van der Waals surface area contributed by atoms with Gasteiger partial charge in [-0.2, -0.15) is 5.26 Å². The summed E-state index contributed by atoms with van der Waals surface area (Å²) in [5, 5.41) is 11.6. The van der Waals surface area contributed by atoms with Crippen LogP contribution in [0.15, 0.2) is 16.7 Å². The molecule has 1 rings (SSSR count). The van der Waals surface area contributed by atoms with Crippen molar-refractivity contribution in [3.05, 3.63) is 29.4 Å². The third kappa shape index (κ3) is 1.95. The van der Waals surface area contributed by atoms with Gasteiger partial charge in [-0.3, -0.25) is 0 Å². The maximum atomic E-state index is 8.56. The van der Waals surface area contributed by atoms with Gasteiger partial charge in [0.15, 0.2) is 5.69 Å². The summed E-state index contributed by atoms with van der Waals surface area (Å²) < 4.78 is 0.698. The molecule has 3 nitrogen and oxygen atoms in total. The van der Waals surface area contributed by atoms with Crippen LogP contribution < -0.4 is 5.32 Å². The van der Waals surface area contributed by atoms with Gasteiger partial charge in [-0.05, 0) is 28.9 Å². The van der Waals surface area contributed by atoms with Gasteiger partial charge in [0, 0.05) is 6.54 Å². The number of nitriles is 1. The smallest absolute Gasteiger partial charge is 0.154 e. The molecular formula is C8H7BrN3. The Morgan fingerprint density at radius 2 is 2.50 bits per heavy atom. The van der Waals surface area contributed by atoms with E-state index in [1.165, 1.54) is 0 Å². The summed E-state index contributed by atoms with van der Waals surface area (Å²) in [6.07, 6.45) is 1.61. The Balaban J connectivity index is 2.96. The topological polar surface area (TPSA) is 48.7 Å². The summed E-state index contributed by atoms with van der Waals surface area (Å²) in [5.41, 5.74) is 1.25.